The maximum absolute atomic E-state index is 11.4. The van der Waals surface area contributed by atoms with Crippen LogP contribution in [0.25, 0.3) is 0 Å². The average molecular weight is 454 g/mol. The lowest BCUT2D eigenvalue weighted by molar-refractivity contribution is -0.127. The summed E-state index contributed by atoms with van der Waals surface area (Å²) in [6.45, 7) is 5.93. The van der Waals surface area contributed by atoms with Gasteiger partial charge in [0.05, 0.1) is 6.10 Å². The lowest BCUT2D eigenvalue weighted by Crippen LogP contribution is -2.41. The Morgan fingerprint density at radius 1 is 1.27 bits per heavy atom. The third kappa shape index (κ3) is 6.29. The quantitative estimate of drug-likeness (QED) is 0.526. The number of likely N-dealkylation sites (N-methyl/N-ethyl adjacent to an activating group) is 2. The van der Waals surface area contributed by atoms with E-state index >= 15 is 0 Å². The first-order valence-electron chi connectivity index (χ1n) is 11.7. The Bertz CT molecular complexity index is 955. The molecule has 1 amide bonds. The molecule has 33 heavy (non-hydrogen) atoms. The van der Waals surface area contributed by atoms with Crippen molar-refractivity contribution in [2.24, 2.45) is 0 Å². The number of anilines is 1. The first kappa shape index (κ1) is 23.6. The topological polar surface area (TPSA) is 84.5 Å². The Balaban J connectivity index is 1.21. The van der Waals surface area contributed by atoms with E-state index < -0.39 is 6.10 Å². The third-order valence-electron chi connectivity index (χ3n) is 6.52. The van der Waals surface area contributed by atoms with Gasteiger partial charge in [0.2, 0.25) is 5.91 Å². The maximum Gasteiger partial charge on any atom is 0.219 e. The van der Waals surface area contributed by atoms with Crippen LogP contribution in [0.2, 0.25) is 0 Å². The van der Waals surface area contributed by atoms with Crippen molar-refractivity contribution in [1.29, 1.82) is 0 Å². The van der Waals surface area contributed by atoms with E-state index in [4.69, 9.17) is 4.74 Å². The number of carbonyl (C=O) groups excluding carboxylic acids is 1. The van der Waals surface area contributed by atoms with Gasteiger partial charge in [-0.15, -0.1) is 0 Å². The molecule has 1 saturated heterocycles. The van der Waals surface area contributed by atoms with E-state index in [0.29, 0.717) is 26.2 Å². The van der Waals surface area contributed by atoms with Crippen LogP contribution in [0.5, 0.6) is 0 Å². The minimum absolute atomic E-state index is 0.0332. The zero-order valence-electron chi connectivity index (χ0n) is 19.8. The number of nitrogens with zero attached hydrogens (tertiary/aromatic N) is 4. The number of aliphatic hydroxyl groups is 1. The molecule has 8 heteroatoms. The highest BCUT2D eigenvalue weighted by Gasteiger charge is 2.40. The summed E-state index contributed by atoms with van der Waals surface area (Å²) in [4.78, 5) is 21.9. The van der Waals surface area contributed by atoms with Crippen LogP contribution in [-0.4, -0.2) is 84.9 Å². The highest BCUT2D eigenvalue weighted by atomic mass is 16.6. The molecular weight excluding hydrogens is 418 g/mol. The normalized spacial score (nSPS) is 20.7. The van der Waals surface area contributed by atoms with Gasteiger partial charge < -0.3 is 19.6 Å². The monoisotopic (exact) mass is 453 g/mol. The molecule has 3 atom stereocenters. The van der Waals surface area contributed by atoms with Crippen LogP contribution in [-0.2, 0) is 22.5 Å². The molecule has 2 N–H and O–H groups in total. The van der Waals surface area contributed by atoms with E-state index in [2.05, 4.69) is 39.5 Å². The summed E-state index contributed by atoms with van der Waals surface area (Å²) in [7, 11) is 3.77. The molecule has 1 aromatic carbocycles. The van der Waals surface area contributed by atoms with Crippen LogP contribution in [0.4, 0.5) is 5.82 Å². The fourth-order valence-corrected chi connectivity index (χ4v) is 4.24. The first-order chi connectivity index (χ1) is 15.9. The summed E-state index contributed by atoms with van der Waals surface area (Å²) in [5.41, 5.74) is 3.84. The fraction of sp³-hybridized carbons (Fsp3) is 0.520. The summed E-state index contributed by atoms with van der Waals surface area (Å²) in [6.07, 6.45) is 2.25. The lowest BCUT2D eigenvalue weighted by Gasteiger charge is -2.30. The van der Waals surface area contributed by atoms with Gasteiger partial charge in [-0.05, 0) is 35.2 Å². The molecule has 2 unspecified atom stereocenters. The zero-order valence-corrected chi connectivity index (χ0v) is 19.8. The first-order valence-corrected chi connectivity index (χ1v) is 11.7. The van der Waals surface area contributed by atoms with Crippen molar-refractivity contribution in [1.82, 2.24) is 20.1 Å². The number of nitrogens with one attached hydrogen (secondary N) is 1. The number of benzene rings is 1. The second-order valence-corrected chi connectivity index (χ2v) is 9.10. The Kier molecular flexibility index (Phi) is 7.60. The van der Waals surface area contributed by atoms with Crippen molar-refractivity contribution in [2.75, 3.05) is 51.7 Å². The molecule has 8 nitrogen and oxygen atoms in total. The molecule has 3 heterocycles. The molecule has 1 aromatic heterocycles. The SMILES string of the molecule is CC(=O)N(C)CCN(C)c1cc(C2OC2NC[C@H](O)CN2CCc3ccccc3C2)ccn1. The number of fused-ring (bicyclic) bond motifs is 1. The number of amides is 1. The molecule has 0 saturated carbocycles. The molecule has 2 aliphatic heterocycles. The predicted octanol–water partition coefficient (Wildman–Crippen LogP) is 1.40. The molecule has 2 aromatic rings. The number of hydrogen-bond donors (Lipinski definition) is 2. The van der Waals surface area contributed by atoms with Gasteiger partial charge in [-0.2, -0.15) is 0 Å². The number of aromatic nitrogens is 1. The molecule has 0 spiro atoms. The molecular formula is C25H35N5O3. The number of pyridine rings is 1. The van der Waals surface area contributed by atoms with Gasteiger partial charge in [0.15, 0.2) is 0 Å². The van der Waals surface area contributed by atoms with E-state index in [-0.39, 0.29) is 18.2 Å². The summed E-state index contributed by atoms with van der Waals surface area (Å²) >= 11 is 0. The highest BCUT2D eigenvalue weighted by molar-refractivity contribution is 5.72. The van der Waals surface area contributed by atoms with E-state index in [1.54, 1.807) is 25.1 Å². The number of rotatable bonds is 10. The maximum atomic E-state index is 11.4. The average Bonchev–Trinajstić information content (AvgIpc) is 3.61. The van der Waals surface area contributed by atoms with E-state index in [1.165, 1.54) is 11.1 Å². The number of epoxide rings is 1. The number of carbonyl (C=O) groups is 1. The number of β-amino-alcohol motifs (C(OH)–C–C–N with tert-alkyl or cyclic N) is 1. The largest absolute Gasteiger partial charge is 0.390 e. The van der Waals surface area contributed by atoms with Crippen molar-refractivity contribution in [3.8, 4) is 0 Å². The molecule has 0 radical (unpaired) electrons. The van der Waals surface area contributed by atoms with Crippen molar-refractivity contribution in [3.63, 3.8) is 0 Å². The Morgan fingerprint density at radius 2 is 2.06 bits per heavy atom. The minimum Gasteiger partial charge on any atom is -0.390 e. The van der Waals surface area contributed by atoms with Gasteiger partial charge in [0, 0.05) is 66.5 Å². The zero-order chi connectivity index (χ0) is 23.4. The van der Waals surface area contributed by atoms with E-state index in [9.17, 15) is 9.90 Å². The smallest absolute Gasteiger partial charge is 0.219 e. The second-order valence-electron chi connectivity index (χ2n) is 9.10. The number of aliphatic hydroxyl groups excluding tert-OH is 1. The lowest BCUT2D eigenvalue weighted by atomic mass is 10.00. The molecule has 1 fully saturated rings. The number of ether oxygens (including phenoxy) is 1. The van der Waals surface area contributed by atoms with Crippen LogP contribution in [0.3, 0.4) is 0 Å². The number of hydrogen-bond acceptors (Lipinski definition) is 7. The van der Waals surface area contributed by atoms with Crippen LogP contribution < -0.4 is 10.2 Å². The molecule has 4 rings (SSSR count). The third-order valence-corrected chi connectivity index (χ3v) is 6.52. The molecule has 0 bridgehead atoms. The second kappa shape index (κ2) is 10.6. The summed E-state index contributed by atoms with van der Waals surface area (Å²) < 4.78 is 5.82. The fourth-order valence-electron chi connectivity index (χ4n) is 4.24. The summed E-state index contributed by atoms with van der Waals surface area (Å²) in [6, 6.07) is 12.5. The predicted molar refractivity (Wildman–Crippen MR) is 128 cm³/mol. The Hall–Kier alpha value is -2.52. The van der Waals surface area contributed by atoms with Crippen LogP contribution >= 0.6 is 0 Å². The van der Waals surface area contributed by atoms with Gasteiger partial charge in [-0.3, -0.25) is 15.0 Å². The van der Waals surface area contributed by atoms with Crippen LogP contribution in [0, 0.1) is 0 Å². The standard InChI is InChI=1S/C25H35N5O3/c1-18(31)28(2)12-13-29(3)23-14-20(8-10-26-23)24-25(33-24)27-15-22(32)17-30-11-9-19-6-4-5-7-21(19)16-30/h4-8,10,14,22,24-25,27,32H,9,11-13,15-17H2,1-3H3/t22-,24?,25?/m0/s1. The molecule has 178 valence electrons. The van der Waals surface area contributed by atoms with Crippen molar-refractivity contribution >= 4 is 11.7 Å². The van der Waals surface area contributed by atoms with Crippen LogP contribution in [0.1, 0.15) is 29.7 Å². The Labute approximate surface area is 196 Å². The van der Waals surface area contributed by atoms with Gasteiger partial charge >= 0.3 is 0 Å². The van der Waals surface area contributed by atoms with Gasteiger partial charge in [0.25, 0.3) is 0 Å². The summed E-state index contributed by atoms with van der Waals surface area (Å²) in [5.74, 6) is 0.904. The molecule has 2 aliphatic rings. The van der Waals surface area contributed by atoms with Crippen molar-refractivity contribution in [3.05, 3.63) is 59.3 Å². The molecule has 0 aliphatic carbocycles. The van der Waals surface area contributed by atoms with Crippen molar-refractivity contribution < 1.29 is 14.6 Å². The van der Waals surface area contributed by atoms with Gasteiger partial charge in [-0.25, -0.2) is 4.98 Å². The van der Waals surface area contributed by atoms with E-state index in [1.807, 2.05) is 24.1 Å². The summed E-state index contributed by atoms with van der Waals surface area (Å²) in [5, 5.41) is 13.9. The van der Waals surface area contributed by atoms with Gasteiger partial charge in [-0.1, -0.05) is 24.3 Å². The van der Waals surface area contributed by atoms with Gasteiger partial charge in [0.1, 0.15) is 18.1 Å². The van der Waals surface area contributed by atoms with Crippen molar-refractivity contribution in [2.45, 2.75) is 38.3 Å². The van der Waals surface area contributed by atoms with E-state index in [0.717, 1.165) is 30.9 Å². The minimum atomic E-state index is -0.447. The Morgan fingerprint density at radius 3 is 2.85 bits per heavy atom. The van der Waals surface area contributed by atoms with Crippen LogP contribution in [0.15, 0.2) is 42.6 Å². The highest BCUT2D eigenvalue weighted by Crippen LogP contribution is 2.37.